The Morgan fingerprint density at radius 3 is 2.58 bits per heavy atom. The second-order valence-electron chi connectivity index (χ2n) is 8.45. The van der Waals surface area contributed by atoms with Crippen LogP contribution in [0, 0.1) is 0 Å². The fraction of sp³-hybridized carbons (Fsp3) is 0.250. The van der Waals surface area contributed by atoms with Gasteiger partial charge in [0.05, 0.1) is 5.69 Å². The number of nitrogen functional groups attached to an aromatic ring is 1. The molecule has 1 aliphatic rings. The molecule has 31 heavy (non-hydrogen) atoms. The highest BCUT2D eigenvalue weighted by molar-refractivity contribution is 5.90. The predicted octanol–water partition coefficient (Wildman–Crippen LogP) is 4.53. The molecule has 7 nitrogen and oxygen atoms in total. The largest absolute Gasteiger partial charge is 0.452 e. The van der Waals surface area contributed by atoms with Crippen molar-refractivity contribution in [2.24, 2.45) is 5.73 Å². The van der Waals surface area contributed by atoms with Gasteiger partial charge < -0.3 is 26.1 Å². The number of para-hydroxylation sites is 1. The number of hydrogen-bond acceptors (Lipinski definition) is 7. The summed E-state index contributed by atoms with van der Waals surface area (Å²) in [6.07, 6.45) is 3.72. The van der Waals surface area contributed by atoms with Gasteiger partial charge in [-0.15, -0.1) is 0 Å². The first-order chi connectivity index (χ1) is 15.0. The molecule has 3 heterocycles. The molecule has 158 valence electrons. The third-order valence-corrected chi connectivity index (χ3v) is 5.88. The van der Waals surface area contributed by atoms with E-state index in [-0.39, 0.29) is 5.54 Å². The van der Waals surface area contributed by atoms with E-state index in [9.17, 15) is 0 Å². The van der Waals surface area contributed by atoms with Gasteiger partial charge in [-0.3, -0.25) is 0 Å². The van der Waals surface area contributed by atoms with Crippen molar-refractivity contribution >= 4 is 34.0 Å². The quantitative estimate of drug-likeness (QED) is 0.421. The van der Waals surface area contributed by atoms with Crippen molar-refractivity contribution in [3.63, 3.8) is 0 Å². The Morgan fingerprint density at radius 2 is 1.84 bits per heavy atom. The average Bonchev–Trinajstić information content (AvgIpc) is 3.21. The Bertz CT molecular complexity index is 1200. The van der Waals surface area contributed by atoms with Crippen molar-refractivity contribution in [1.29, 1.82) is 0 Å². The molecular weight excluding hydrogens is 388 g/mol. The van der Waals surface area contributed by atoms with E-state index in [4.69, 9.17) is 15.9 Å². The Kier molecular flexibility index (Phi) is 4.75. The molecular formula is C24H26N6O. The molecule has 4 aromatic rings. The summed E-state index contributed by atoms with van der Waals surface area (Å²) in [6.45, 7) is 4.09. The van der Waals surface area contributed by atoms with Crippen LogP contribution >= 0.6 is 0 Å². The van der Waals surface area contributed by atoms with Gasteiger partial charge in [0, 0.05) is 41.6 Å². The molecule has 0 amide bonds. The third kappa shape index (κ3) is 4.04. The third-order valence-electron chi connectivity index (χ3n) is 5.88. The van der Waals surface area contributed by atoms with Crippen LogP contribution in [0.4, 0.5) is 23.0 Å². The van der Waals surface area contributed by atoms with Gasteiger partial charge in [0.25, 0.3) is 0 Å². The van der Waals surface area contributed by atoms with Crippen LogP contribution in [0.25, 0.3) is 22.4 Å². The van der Waals surface area contributed by atoms with Crippen LogP contribution in [0.2, 0.25) is 0 Å². The minimum atomic E-state index is -0.0497. The Labute approximate surface area is 181 Å². The molecule has 1 fully saturated rings. The predicted molar refractivity (Wildman–Crippen MR) is 125 cm³/mol. The van der Waals surface area contributed by atoms with Crippen LogP contribution in [0.5, 0.6) is 0 Å². The van der Waals surface area contributed by atoms with Gasteiger partial charge in [-0.05, 0) is 62.2 Å². The molecule has 0 aliphatic carbocycles. The molecule has 0 radical (unpaired) electrons. The number of fused-ring (bicyclic) bond motifs is 1. The normalized spacial score (nSPS) is 15.9. The van der Waals surface area contributed by atoms with Crippen LogP contribution in [0.1, 0.15) is 19.8 Å². The Hall–Kier alpha value is -3.58. The maximum atomic E-state index is 6.25. The van der Waals surface area contributed by atoms with E-state index < -0.39 is 0 Å². The van der Waals surface area contributed by atoms with Gasteiger partial charge in [0.2, 0.25) is 5.95 Å². The number of aromatic nitrogens is 2. The number of anilines is 4. The highest BCUT2D eigenvalue weighted by atomic mass is 16.3. The van der Waals surface area contributed by atoms with Crippen LogP contribution < -0.4 is 21.7 Å². The number of hydrogen-bond donors (Lipinski definition) is 3. The smallest absolute Gasteiger partial charge is 0.227 e. The summed E-state index contributed by atoms with van der Waals surface area (Å²) in [5.74, 6) is 1.17. The first-order valence-corrected chi connectivity index (χ1v) is 10.5. The van der Waals surface area contributed by atoms with E-state index in [1.54, 1.807) is 6.20 Å². The summed E-state index contributed by atoms with van der Waals surface area (Å²) in [5.41, 5.74) is 16.3. The van der Waals surface area contributed by atoms with Crippen molar-refractivity contribution in [2.45, 2.75) is 25.3 Å². The number of nitrogens with zero attached hydrogens (tertiary/aromatic N) is 3. The lowest BCUT2D eigenvalue weighted by atomic mass is 9.91. The van der Waals surface area contributed by atoms with Gasteiger partial charge >= 0.3 is 0 Å². The number of nitrogens with two attached hydrogens (primary N) is 2. The molecule has 0 atom stereocenters. The lowest BCUT2D eigenvalue weighted by Crippen LogP contribution is -2.48. The number of nitrogens with one attached hydrogen (secondary N) is 1. The summed E-state index contributed by atoms with van der Waals surface area (Å²) < 4.78 is 5.93. The first-order valence-electron chi connectivity index (χ1n) is 10.5. The van der Waals surface area contributed by atoms with Crippen molar-refractivity contribution in [1.82, 2.24) is 9.97 Å². The Morgan fingerprint density at radius 1 is 1.06 bits per heavy atom. The maximum Gasteiger partial charge on any atom is 0.227 e. The molecule has 1 aliphatic heterocycles. The van der Waals surface area contributed by atoms with E-state index in [2.05, 4.69) is 39.2 Å². The molecule has 0 saturated carbocycles. The van der Waals surface area contributed by atoms with Gasteiger partial charge in [-0.1, -0.05) is 12.1 Å². The number of rotatable bonds is 4. The lowest BCUT2D eigenvalue weighted by Gasteiger charge is -2.38. The van der Waals surface area contributed by atoms with E-state index in [0.29, 0.717) is 28.7 Å². The minimum Gasteiger partial charge on any atom is -0.452 e. The molecule has 7 heteroatoms. The van der Waals surface area contributed by atoms with Gasteiger partial charge in [0.1, 0.15) is 5.69 Å². The van der Waals surface area contributed by atoms with Crippen LogP contribution in [0.15, 0.2) is 65.2 Å². The number of piperidine rings is 1. The zero-order chi connectivity index (χ0) is 21.4. The maximum absolute atomic E-state index is 6.25. The van der Waals surface area contributed by atoms with Crippen molar-refractivity contribution < 1.29 is 4.42 Å². The zero-order valence-electron chi connectivity index (χ0n) is 17.5. The molecule has 2 aromatic carbocycles. The highest BCUT2D eigenvalue weighted by Gasteiger charge is 2.25. The van der Waals surface area contributed by atoms with Gasteiger partial charge in [-0.25, -0.2) is 9.97 Å². The molecule has 1 saturated heterocycles. The summed E-state index contributed by atoms with van der Waals surface area (Å²) in [5, 5.41) is 4.23. The topological polar surface area (TPSA) is 106 Å². The average molecular weight is 415 g/mol. The van der Waals surface area contributed by atoms with E-state index in [1.165, 1.54) is 5.69 Å². The summed E-state index contributed by atoms with van der Waals surface area (Å²) >= 11 is 0. The van der Waals surface area contributed by atoms with Gasteiger partial charge in [0.15, 0.2) is 11.3 Å². The molecule has 2 aromatic heterocycles. The van der Waals surface area contributed by atoms with E-state index in [1.807, 2.05) is 42.5 Å². The first kappa shape index (κ1) is 19.4. The lowest BCUT2D eigenvalue weighted by molar-refractivity contribution is 0.364. The molecule has 5 N–H and O–H groups in total. The van der Waals surface area contributed by atoms with Crippen molar-refractivity contribution in [2.75, 3.05) is 29.0 Å². The summed E-state index contributed by atoms with van der Waals surface area (Å²) in [4.78, 5) is 11.3. The Balaban J connectivity index is 1.32. The monoisotopic (exact) mass is 414 g/mol. The fourth-order valence-electron chi connectivity index (χ4n) is 3.93. The molecule has 5 rings (SSSR count). The summed E-state index contributed by atoms with van der Waals surface area (Å²) in [6, 6.07) is 17.8. The second-order valence-corrected chi connectivity index (χ2v) is 8.45. The SMILES string of the molecule is CC1(N)CCN(c2ccc(Nc3nccc(-c4cc5cccc(N)c5o4)n3)cc2)CC1. The highest BCUT2D eigenvalue weighted by Crippen LogP contribution is 2.31. The number of furan rings is 1. The van der Waals surface area contributed by atoms with E-state index in [0.717, 1.165) is 37.0 Å². The molecule has 0 bridgehead atoms. The standard InChI is InChI=1S/C24H26N6O/c1-24(26)10-13-30(14-11-24)18-7-5-17(6-8-18)28-23-27-12-9-20(29-23)21-15-16-3-2-4-19(25)22(16)31-21/h2-9,12,15H,10-11,13-14,25-26H2,1H3,(H,27,28,29). The minimum absolute atomic E-state index is 0.0497. The van der Waals surface area contributed by atoms with Crippen molar-refractivity contribution in [3.05, 3.63) is 60.8 Å². The van der Waals surface area contributed by atoms with Crippen LogP contribution in [0.3, 0.4) is 0 Å². The molecule has 0 spiro atoms. The summed E-state index contributed by atoms with van der Waals surface area (Å²) in [7, 11) is 0. The van der Waals surface area contributed by atoms with Crippen LogP contribution in [-0.4, -0.2) is 28.6 Å². The second kappa shape index (κ2) is 7.59. The van der Waals surface area contributed by atoms with Crippen LogP contribution in [-0.2, 0) is 0 Å². The fourth-order valence-corrected chi connectivity index (χ4v) is 3.93. The molecule has 0 unspecified atom stereocenters. The van der Waals surface area contributed by atoms with Crippen molar-refractivity contribution in [3.8, 4) is 11.5 Å². The number of benzene rings is 2. The zero-order valence-corrected chi connectivity index (χ0v) is 17.5. The van der Waals surface area contributed by atoms with Gasteiger partial charge in [-0.2, -0.15) is 0 Å². The van der Waals surface area contributed by atoms with E-state index >= 15 is 0 Å².